The van der Waals surface area contributed by atoms with Gasteiger partial charge in [-0.3, -0.25) is 14.5 Å². The predicted octanol–water partition coefficient (Wildman–Crippen LogP) is 4.10. The summed E-state index contributed by atoms with van der Waals surface area (Å²) in [5.41, 5.74) is 1.07. The predicted molar refractivity (Wildman–Crippen MR) is 210 cm³/mol. The normalized spacial score (nSPS) is 20.9. The average Bonchev–Trinajstić information content (AvgIpc) is 3.89. The van der Waals surface area contributed by atoms with Crippen LogP contribution < -0.4 is 16.0 Å². The van der Waals surface area contributed by atoms with Crippen molar-refractivity contribution in [3.63, 3.8) is 0 Å². The topological polar surface area (TPSA) is 156 Å². The Balaban J connectivity index is 1.17. The number of benzene rings is 2. The molecule has 3 N–H and O–H groups in total. The van der Waals surface area contributed by atoms with E-state index in [0.717, 1.165) is 28.7 Å². The lowest BCUT2D eigenvalue weighted by Crippen LogP contribution is -2.52. The van der Waals surface area contributed by atoms with E-state index in [1.54, 1.807) is 18.0 Å². The Hall–Kier alpha value is -4.65. The van der Waals surface area contributed by atoms with Gasteiger partial charge in [0, 0.05) is 70.0 Å². The van der Waals surface area contributed by atoms with Crippen molar-refractivity contribution in [3.05, 3.63) is 77.8 Å². The van der Waals surface area contributed by atoms with Crippen LogP contribution in [0.25, 0.3) is 11.3 Å². The molecule has 4 heterocycles. The molecule has 0 saturated carbocycles. The van der Waals surface area contributed by atoms with Crippen LogP contribution in [-0.2, 0) is 30.3 Å². The van der Waals surface area contributed by atoms with Gasteiger partial charge in [0.25, 0.3) is 0 Å². The first-order valence-corrected chi connectivity index (χ1v) is 20.1. The molecule has 3 fully saturated rings. The highest BCUT2D eigenvalue weighted by Gasteiger charge is 2.41. The summed E-state index contributed by atoms with van der Waals surface area (Å²) in [5.74, 6) is -2.24. The smallest absolute Gasteiger partial charge is 0.407 e. The number of alkyl carbamates (subject to hydrolysis) is 1. The molecule has 1 unspecified atom stereocenters. The molecule has 14 nitrogen and oxygen atoms in total. The van der Waals surface area contributed by atoms with Crippen LogP contribution in [-0.4, -0.2) is 127 Å². The highest BCUT2D eigenvalue weighted by atomic mass is 32.1. The minimum atomic E-state index is -1.22. The number of ether oxygens (including phenoxy) is 3. The summed E-state index contributed by atoms with van der Waals surface area (Å²) in [6.07, 6.45) is 0.870. The fraction of sp³-hybridized carbons (Fsp3) is 0.525. The van der Waals surface area contributed by atoms with E-state index in [1.807, 2.05) is 34.9 Å². The highest BCUT2D eigenvalue weighted by molar-refractivity contribution is 7.81. The summed E-state index contributed by atoms with van der Waals surface area (Å²) < 4.78 is 63.4. The molecule has 18 heteroatoms. The summed E-state index contributed by atoms with van der Waals surface area (Å²) >= 11 is 4.09. The molecule has 0 bridgehead atoms. The molecule has 3 aromatic rings. The van der Waals surface area contributed by atoms with Crippen LogP contribution in [0.15, 0.2) is 54.7 Å². The molecular formula is C40H50F3N7O7S. The molecule has 3 saturated heterocycles. The van der Waals surface area contributed by atoms with Gasteiger partial charge in [-0.25, -0.2) is 27.7 Å². The number of halogens is 3. The minimum absolute atomic E-state index is 0.0211. The van der Waals surface area contributed by atoms with Gasteiger partial charge in [0.15, 0.2) is 0 Å². The van der Waals surface area contributed by atoms with Gasteiger partial charge >= 0.3 is 12.1 Å². The van der Waals surface area contributed by atoms with E-state index in [4.69, 9.17) is 19.2 Å². The number of hydrogen-bond acceptors (Lipinski definition) is 10. The number of carbonyl (C=O) groups excluding carboxylic acids is 4. The van der Waals surface area contributed by atoms with Crippen molar-refractivity contribution in [2.45, 2.75) is 56.2 Å². The summed E-state index contributed by atoms with van der Waals surface area (Å²) in [6.45, 7) is 3.53. The molecule has 5 atom stereocenters. The fourth-order valence-electron chi connectivity index (χ4n) is 7.46. The van der Waals surface area contributed by atoms with Gasteiger partial charge in [-0.2, -0.15) is 12.6 Å². The molecule has 0 radical (unpaired) electrons. The van der Waals surface area contributed by atoms with E-state index in [2.05, 4.69) is 28.6 Å². The highest BCUT2D eigenvalue weighted by Crippen LogP contribution is 2.38. The van der Waals surface area contributed by atoms with Gasteiger partial charge in [-0.15, -0.1) is 0 Å². The Morgan fingerprint density at radius 1 is 1.10 bits per heavy atom. The Morgan fingerprint density at radius 2 is 1.88 bits per heavy atom. The van der Waals surface area contributed by atoms with Crippen molar-refractivity contribution < 1.29 is 46.6 Å². The number of thiol groups is 1. The third kappa shape index (κ3) is 11.1. The maximum atomic E-state index is 15.3. The Labute approximate surface area is 340 Å². The standard InChI is InChI=1S/C40H50F3N7O7S/c1-25(24-57-40(54)45-11-15-56-16-12-49-35(51)18-34(58)38(49)52)46-39(53)50(22-28-19-44-20-32(28)43)36(27-9-13-55-14-10-27)37-47-33(30-17-29(41)7-8-31(30)42)23-48(37)21-26-5-3-2-4-6-26/h2-8,17,23,25,27-28,32,34,36,44,58H,9-16,18-22,24H2,1H3,(H,45,54)(H,46,53)/t25-,28-,32-,34?,36+/m0/s1. The van der Waals surface area contributed by atoms with Crippen molar-refractivity contribution in [1.82, 2.24) is 35.3 Å². The minimum Gasteiger partial charge on any atom is -0.447 e. The molecule has 0 spiro atoms. The number of aromatic nitrogens is 2. The molecule has 5 amide bonds. The third-order valence-electron chi connectivity index (χ3n) is 10.5. The summed E-state index contributed by atoms with van der Waals surface area (Å²) in [4.78, 5) is 58.5. The summed E-state index contributed by atoms with van der Waals surface area (Å²) in [5, 5.41) is 7.92. The zero-order valence-electron chi connectivity index (χ0n) is 32.3. The first-order chi connectivity index (χ1) is 28.0. The molecule has 3 aliphatic rings. The summed E-state index contributed by atoms with van der Waals surface area (Å²) in [6, 6.07) is 10.8. The molecular weight excluding hydrogens is 780 g/mol. The van der Waals surface area contributed by atoms with E-state index in [1.165, 1.54) is 0 Å². The SMILES string of the molecule is C[C@@H](COC(=O)NCCOCCN1C(=O)CC(S)C1=O)NC(=O)N(C[C@@H]1CNC[C@@H]1F)[C@@H](c1nc(-c2cc(F)ccc2F)cn1Cc1ccccc1)C1CCOCC1. The van der Waals surface area contributed by atoms with E-state index in [0.29, 0.717) is 45.0 Å². The first-order valence-electron chi connectivity index (χ1n) is 19.5. The Kier molecular flexibility index (Phi) is 15.1. The number of urea groups is 1. The maximum absolute atomic E-state index is 15.3. The molecule has 314 valence electrons. The van der Waals surface area contributed by atoms with Gasteiger partial charge in [-0.05, 0) is 49.4 Å². The number of hydrogen-bond donors (Lipinski definition) is 4. The number of nitrogens with one attached hydrogen (secondary N) is 3. The third-order valence-corrected chi connectivity index (χ3v) is 10.9. The van der Waals surface area contributed by atoms with Crippen LogP contribution in [0.3, 0.4) is 0 Å². The van der Waals surface area contributed by atoms with Crippen molar-refractivity contribution in [3.8, 4) is 11.3 Å². The molecule has 6 rings (SSSR count). The van der Waals surface area contributed by atoms with Crippen LogP contribution in [0, 0.1) is 23.5 Å². The summed E-state index contributed by atoms with van der Waals surface area (Å²) in [7, 11) is 0. The number of carbonyl (C=O) groups is 4. The second-order valence-corrected chi connectivity index (χ2v) is 15.4. The van der Waals surface area contributed by atoms with Crippen molar-refractivity contribution in [2.24, 2.45) is 11.8 Å². The number of likely N-dealkylation sites (tertiary alicyclic amines) is 1. The molecule has 2 aromatic carbocycles. The lowest BCUT2D eigenvalue weighted by atomic mass is 9.89. The lowest BCUT2D eigenvalue weighted by molar-refractivity contribution is -0.139. The zero-order valence-corrected chi connectivity index (χ0v) is 33.2. The van der Waals surface area contributed by atoms with E-state index in [-0.39, 0.29) is 81.4 Å². The second-order valence-electron chi connectivity index (χ2n) is 14.8. The molecule has 58 heavy (non-hydrogen) atoms. The number of rotatable bonds is 17. The first kappa shape index (κ1) is 42.9. The number of amides is 5. The quantitative estimate of drug-likeness (QED) is 0.0895. The zero-order chi connectivity index (χ0) is 41.2. The number of nitrogens with zero attached hydrogens (tertiary/aromatic N) is 4. The number of alkyl halides is 1. The van der Waals surface area contributed by atoms with E-state index in [9.17, 15) is 23.6 Å². The number of imidazole rings is 1. The van der Waals surface area contributed by atoms with Crippen LogP contribution in [0.5, 0.6) is 0 Å². The van der Waals surface area contributed by atoms with Crippen molar-refractivity contribution in [1.29, 1.82) is 0 Å². The fourth-order valence-corrected chi connectivity index (χ4v) is 7.75. The molecule has 3 aliphatic heterocycles. The van der Waals surface area contributed by atoms with Gasteiger partial charge in [0.2, 0.25) is 11.8 Å². The van der Waals surface area contributed by atoms with Crippen LogP contribution in [0.1, 0.15) is 43.6 Å². The van der Waals surface area contributed by atoms with E-state index >= 15 is 8.78 Å². The van der Waals surface area contributed by atoms with Gasteiger partial charge in [-0.1, -0.05) is 30.3 Å². The van der Waals surface area contributed by atoms with Crippen LogP contribution in [0.4, 0.5) is 22.8 Å². The largest absolute Gasteiger partial charge is 0.447 e. The van der Waals surface area contributed by atoms with Gasteiger partial charge < -0.3 is 39.6 Å². The van der Waals surface area contributed by atoms with Crippen LogP contribution in [0.2, 0.25) is 0 Å². The molecule has 0 aliphatic carbocycles. The monoisotopic (exact) mass is 829 g/mol. The Morgan fingerprint density at radius 3 is 2.59 bits per heavy atom. The Bertz CT molecular complexity index is 1890. The van der Waals surface area contributed by atoms with E-state index < -0.39 is 53.2 Å². The second kappa shape index (κ2) is 20.4. The lowest BCUT2D eigenvalue weighted by Gasteiger charge is -2.40. The number of imide groups is 1. The van der Waals surface area contributed by atoms with Crippen molar-refractivity contribution in [2.75, 3.05) is 65.8 Å². The average molecular weight is 830 g/mol. The van der Waals surface area contributed by atoms with Crippen LogP contribution >= 0.6 is 12.6 Å². The van der Waals surface area contributed by atoms with Gasteiger partial charge in [0.05, 0.1) is 42.8 Å². The molecule has 1 aromatic heterocycles. The maximum Gasteiger partial charge on any atom is 0.407 e. The van der Waals surface area contributed by atoms with Crippen molar-refractivity contribution >= 4 is 36.6 Å². The van der Waals surface area contributed by atoms with Gasteiger partial charge in [0.1, 0.15) is 30.2 Å².